The summed E-state index contributed by atoms with van der Waals surface area (Å²) in [5, 5.41) is 16.0. The van der Waals surface area contributed by atoms with Gasteiger partial charge in [0.15, 0.2) is 17.3 Å². The molecule has 2 aliphatic rings. The minimum Gasteiger partial charge on any atom is -0.510 e. The molecular formula is C40H56FN3O3. The van der Waals surface area contributed by atoms with Crippen molar-refractivity contribution in [3.8, 4) is 11.5 Å². The number of hydrogen-bond acceptors (Lipinski definition) is 5. The molecule has 0 fully saturated rings. The first-order valence-corrected chi connectivity index (χ1v) is 16.8. The molecule has 256 valence electrons. The van der Waals surface area contributed by atoms with E-state index in [1.165, 1.54) is 43.9 Å². The Balaban J connectivity index is 0.000000979. The Bertz CT molecular complexity index is 1440. The first-order valence-electron chi connectivity index (χ1n) is 16.8. The molecule has 1 unspecified atom stereocenters. The number of carbonyl (C=O) groups excluding carboxylic acids is 1. The smallest absolute Gasteiger partial charge is 0.249 e. The zero-order chi connectivity index (χ0) is 35.5. The second-order valence-electron chi connectivity index (χ2n) is 10.6. The lowest BCUT2D eigenvalue weighted by atomic mass is 9.86. The van der Waals surface area contributed by atoms with Crippen molar-refractivity contribution < 1.29 is 19.0 Å². The number of aliphatic hydroxyl groups is 1. The normalized spacial score (nSPS) is 13.9. The number of nitrogens with one attached hydrogen (secondary N) is 2. The molecule has 0 bridgehead atoms. The van der Waals surface area contributed by atoms with Gasteiger partial charge in [-0.2, -0.15) is 0 Å². The summed E-state index contributed by atoms with van der Waals surface area (Å²) in [5.41, 5.74) is 4.45. The van der Waals surface area contributed by atoms with Crippen molar-refractivity contribution >= 4 is 35.1 Å². The second-order valence-corrected chi connectivity index (χ2v) is 10.6. The Morgan fingerprint density at radius 1 is 1.06 bits per heavy atom. The summed E-state index contributed by atoms with van der Waals surface area (Å²) in [5.74, 6) is -0.293. The zero-order valence-corrected chi connectivity index (χ0v) is 29.6. The fourth-order valence-corrected chi connectivity index (χ4v) is 5.10. The van der Waals surface area contributed by atoms with E-state index in [9.17, 15) is 9.90 Å². The molecule has 1 atom stereocenters. The van der Waals surface area contributed by atoms with Gasteiger partial charge in [0.25, 0.3) is 0 Å². The van der Waals surface area contributed by atoms with Crippen LogP contribution < -0.4 is 20.3 Å². The van der Waals surface area contributed by atoms with Gasteiger partial charge in [-0.05, 0) is 54.3 Å². The van der Waals surface area contributed by atoms with Crippen LogP contribution >= 0.6 is 0 Å². The number of amides is 1. The predicted molar refractivity (Wildman–Crippen MR) is 201 cm³/mol. The number of hydrogen-bond donors (Lipinski definition) is 3. The van der Waals surface area contributed by atoms with E-state index < -0.39 is 5.82 Å². The van der Waals surface area contributed by atoms with Gasteiger partial charge in [0.05, 0.1) is 17.9 Å². The zero-order valence-electron chi connectivity index (χ0n) is 29.6. The van der Waals surface area contributed by atoms with Gasteiger partial charge in [-0.15, -0.1) is 13.2 Å². The number of unbranched alkanes of at least 4 members (excludes halogenated alkanes) is 3. The summed E-state index contributed by atoms with van der Waals surface area (Å²) in [6, 6.07) is 5.26. The maximum absolute atomic E-state index is 15.6. The number of anilines is 3. The van der Waals surface area contributed by atoms with Crippen LogP contribution in [0.15, 0.2) is 80.3 Å². The van der Waals surface area contributed by atoms with E-state index in [4.69, 9.17) is 4.74 Å². The van der Waals surface area contributed by atoms with Gasteiger partial charge in [-0.3, -0.25) is 4.79 Å². The van der Waals surface area contributed by atoms with Gasteiger partial charge in [0.2, 0.25) is 5.91 Å². The van der Waals surface area contributed by atoms with Crippen LogP contribution in [0, 0.1) is 5.82 Å². The van der Waals surface area contributed by atoms with Crippen LogP contribution in [0.2, 0.25) is 0 Å². The Morgan fingerprint density at radius 2 is 1.72 bits per heavy atom. The summed E-state index contributed by atoms with van der Waals surface area (Å²) < 4.78 is 21.9. The van der Waals surface area contributed by atoms with Gasteiger partial charge in [-0.1, -0.05) is 105 Å². The third kappa shape index (κ3) is 10.2. The third-order valence-electron chi connectivity index (χ3n) is 7.39. The van der Waals surface area contributed by atoms with Crippen molar-refractivity contribution in [2.75, 3.05) is 23.3 Å². The fourth-order valence-electron chi connectivity index (χ4n) is 5.10. The van der Waals surface area contributed by atoms with Crippen LogP contribution in [0.3, 0.4) is 0 Å². The Morgan fingerprint density at radius 3 is 2.28 bits per heavy atom. The van der Waals surface area contributed by atoms with Gasteiger partial charge in [0.1, 0.15) is 11.4 Å². The van der Waals surface area contributed by atoms with E-state index in [-0.39, 0.29) is 29.8 Å². The second kappa shape index (κ2) is 21.3. The van der Waals surface area contributed by atoms with E-state index in [0.717, 1.165) is 23.2 Å². The molecular weight excluding hydrogens is 589 g/mol. The van der Waals surface area contributed by atoms with E-state index in [1.807, 2.05) is 70.0 Å². The van der Waals surface area contributed by atoms with Crippen LogP contribution in [-0.4, -0.2) is 24.1 Å². The highest BCUT2D eigenvalue weighted by Gasteiger charge is 2.38. The molecule has 0 radical (unpaired) electrons. The highest BCUT2D eigenvalue weighted by Crippen LogP contribution is 2.57. The molecule has 2 aromatic rings. The third-order valence-corrected chi connectivity index (χ3v) is 7.39. The number of carbonyl (C=O) groups is 1. The minimum absolute atomic E-state index is 0.00141. The molecule has 0 aromatic heterocycles. The molecule has 7 heteroatoms. The van der Waals surface area contributed by atoms with E-state index in [0.29, 0.717) is 34.9 Å². The number of fused-ring (bicyclic) bond motifs is 2. The summed E-state index contributed by atoms with van der Waals surface area (Å²) in [6.45, 7) is 28.3. The molecule has 3 N–H and O–H groups in total. The molecule has 6 nitrogen and oxygen atoms in total. The molecule has 0 spiro atoms. The van der Waals surface area contributed by atoms with Crippen LogP contribution in [0.4, 0.5) is 21.5 Å². The first-order chi connectivity index (χ1) is 22.8. The molecule has 0 aliphatic carbocycles. The van der Waals surface area contributed by atoms with Crippen molar-refractivity contribution in [2.45, 2.75) is 86.5 Å². The number of allylic oxidation sites excluding steroid dienone is 3. The number of halogens is 1. The average molecular weight is 646 g/mol. The van der Waals surface area contributed by atoms with Crippen molar-refractivity contribution in [3.05, 3.63) is 103 Å². The molecule has 2 heterocycles. The lowest BCUT2D eigenvalue weighted by Crippen LogP contribution is -2.33. The van der Waals surface area contributed by atoms with E-state index in [1.54, 1.807) is 6.08 Å². The Kier molecular flexibility index (Phi) is 18.4. The Hall–Kier alpha value is -4.52. The van der Waals surface area contributed by atoms with Crippen LogP contribution in [0.5, 0.6) is 11.5 Å². The first kappa shape index (κ1) is 40.5. The molecule has 0 saturated carbocycles. The highest BCUT2D eigenvalue weighted by atomic mass is 19.1. The number of rotatable bonds is 12. The maximum Gasteiger partial charge on any atom is 0.249 e. The summed E-state index contributed by atoms with van der Waals surface area (Å²) in [4.78, 5) is 15.0. The quantitative estimate of drug-likeness (QED) is 0.0927. The molecule has 2 aliphatic heterocycles. The molecule has 2 aromatic carbocycles. The van der Waals surface area contributed by atoms with Crippen LogP contribution in [-0.2, 0) is 4.79 Å². The lowest BCUT2D eigenvalue weighted by Gasteiger charge is -2.39. The van der Waals surface area contributed by atoms with Crippen LogP contribution in [0.1, 0.15) is 103 Å². The van der Waals surface area contributed by atoms with Crippen molar-refractivity contribution in [1.29, 1.82) is 0 Å². The van der Waals surface area contributed by atoms with Crippen molar-refractivity contribution in [3.63, 3.8) is 0 Å². The van der Waals surface area contributed by atoms with Gasteiger partial charge in [0, 0.05) is 24.2 Å². The Labute approximate surface area is 283 Å². The minimum atomic E-state index is -0.540. The predicted octanol–water partition coefficient (Wildman–Crippen LogP) is 11.7. The largest absolute Gasteiger partial charge is 0.510 e. The number of benzene rings is 2. The summed E-state index contributed by atoms with van der Waals surface area (Å²) >= 11 is 0. The molecule has 1 amide bonds. The number of aliphatic hydroxyl groups excluding tert-OH is 1. The van der Waals surface area contributed by atoms with Crippen LogP contribution in [0.25, 0.3) is 12.2 Å². The topological polar surface area (TPSA) is 73.8 Å². The highest BCUT2D eigenvalue weighted by molar-refractivity contribution is 6.00. The monoisotopic (exact) mass is 645 g/mol. The number of nitrogens with zero attached hydrogens (tertiary/aromatic N) is 1. The van der Waals surface area contributed by atoms with Crippen molar-refractivity contribution in [1.82, 2.24) is 5.32 Å². The lowest BCUT2D eigenvalue weighted by molar-refractivity contribution is -0.117. The van der Waals surface area contributed by atoms with E-state index >= 15 is 4.39 Å². The maximum atomic E-state index is 15.6. The SMILES string of the molecule is C=C.C=C/C=C(\O)CNc1c(F)cc2c3c1Oc1cc(/C=C\C)c(C=C)cc1N3C=C(C(=O)NCCC)C2C.CC.CCCCCC. The van der Waals surface area contributed by atoms with E-state index in [2.05, 4.69) is 50.8 Å². The molecule has 4 rings (SSSR count). The average Bonchev–Trinajstić information content (AvgIpc) is 3.09. The summed E-state index contributed by atoms with van der Waals surface area (Å²) in [6.07, 6.45) is 16.7. The van der Waals surface area contributed by atoms with Crippen molar-refractivity contribution in [2.24, 2.45) is 0 Å². The fraction of sp³-hybridized carbons (Fsp3) is 0.375. The molecule has 0 saturated heterocycles. The standard InChI is InChI=1S/C30H32FN3O3.C6H14.C2H6.C2H4/c1-6-10-20-14-26-25(13-19(20)9-4)34-17-23(30(36)32-12-8-3)18(5)22-15-24(31)27(29(37-26)28(22)34)33-16-21(35)11-7-2;1-3-5-6-4-2;2*1-2/h6-7,9-11,13-15,17-18,33,35H,2,4,8,12,16H2,1,3,5H3,(H,32,36);3-6H2,1-2H3;1-2H3;1-2H2/b10-6-,21-11-;;;. The van der Waals surface area contributed by atoms with Gasteiger partial charge < -0.3 is 25.4 Å². The number of ether oxygens (including phenoxy) is 1. The molecule has 47 heavy (non-hydrogen) atoms. The summed E-state index contributed by atoms with van der Waals surface area (Å²) in [7, 11) is 0. The van der Waals surface area contributed by atoms with Gasteiger partial charge >= 0.3 is 0 Å². The van der Waals surface area contributed by atoms with Gasteiger partial charge in [-0.25, -0.2) is 4.39 Å².